The second kappa shape index (κ2) is 7.26. The average molecular weight is 466 g/mol. The number of carbonyl (C=O) groups excluding carboxylic acids is 3. The molecule has 2 aromatic carbocycles. The number of benzene rings is 2. The zero-order valence-corrected chi connectivity index (χ0v) is 18.6. The third-order valence-electron chi connectivity index (χ3n) is 7.67. The van der Waals surface area contributed by atoms with Crippen molar-refractivity contribution in [1.82, 2.24) is 0 Å². The van der Waals surface area contributed by atoms with Crippen LogP contribution in [0.1, 0.15) is 22.3 Å². The maximum Gasteiger partial charge on any atom is 0.238 e. The smallest absolute Gasteiger partial charge is 0.238 e. The summed E-state index contributed by atoms with van der Waals surface area (Å²) in [5.74, 6) is -1.09. The minimum Gasteiger partial charge on any atom is -0.485 e. The number of amides is 2. The molecule has 1 aliphatic heterocycles. The van der Waals surface area contributed by atoms with Crippen LogP contribution >= 0.6 is 11.6 Å². The monoisotopic (exact) mass is 465 g/mol. The minimum atomic E-state index is -0.729. The summed E-state index contributed by atoms with van der Waals surface area (Å²) in [5.41, 5.74) is 1.17. The molecule has 4 aliphatic carbocycles. The molecule has 33 heavy (non-hydrogen) atoms. The molecule has 2 bridgehead atoms. The zero-order valence-electron chi connectivity index (χ0n) is 17.8. The molecule has 6 atom stereocenters. The Morgan fingerprint density at radius 3 is 2.33 bits per heavy atom. The summed E-state index contributed by atoms with van der Waals surface area (Å²) in [7, 11) is 0. The van der Waals surface area contributed by atoms with Gasteiger partial charge >= 0.3 is 0 Å². The van der Waals surface area contributed by atoms with E-state index in [1.807, 2.05) is 0 Å². The maximum absolute atomic E-state index is 15.0. The Balaban J connectivity index is 1.19. The van der Waals surface area contributed by atoms with E-state index < -0.39 is 5.82 Å². The van der Waals surface area contributed by atoms with E-state index in [2.05, 4.69) is 12.2 Å². The van der Waals surface area contributed by atoms with E-state index in [1.54, 1.807) is 25.1 Å². The van der Waals surface area contributed by atoms with Gasteiger partial charge in [-0.2, -0.15) is 0 Å². The third kappa shape index (κ3) is 3.07. The zero-order chi connectivity index (χ0) is 23.0. The van der Waals surface area contributed by atoms with Gasteiger partial charge in [0.05, 0.1) is 17.5 Å². The van der Waals surface area contributed by atoms with Crippen molar-refractivity contribution < 1.29 is 23.5 Å². The lowest BCUT2D eigenvalue weighted by Crippen LogP contribution is -2.40. The van der Waals surface area contributed by atoms with E-state index in [4.69, 9.17) is 16.3 Å². The summed E-state index contributed by atoms with van der Waals surface area (Å²) in [6, 6.07) is 8.90. The Labute approximate surface area is 195 Å². The summed E-state index contributed by atoms with van der Waals surface area (Å²) in [4.78, 5) is 39.8. The molecule has 3 fully saturated rings. The first-order valence-corrected chi connectivity index (χ1v) is 11.5. The van der Waals surface area contributed by atoms with Gasteiger partial charge in [0.15, 0.2) is 18.2 Å². The third-order valence-corrected chi connectivity index (χ3v) is 8.10. The second-order valence-corrected chi connectivity index (χ2v) is 9.86. The Morgan fingerprint density at radius 2 is 1.73 bits per heavy atom. The van der Waals surface area contributed by atoms with Gasteiger partial charge in [0.2, 0.25) is 11.8 Å². The highest BCUT2D eigenvalue weighted by Gasteiger charge is 2.67. The van der Waals surface area contributed by atoms with Crippen LogP contribution in [0.15, 0.2) is 48.6 Å². The number of rotatable bonds is 5. The normalized spacial score (nSPS) is 30.9. The molecular weight excluding hydrogens is 445 g/mol. The van der Waals surface area contributed by atoms with Gasteiger partial charge in [-0.1, -0.05) is 23.8 Å². The summed E-state index contributed by atoms with van der Waals surface area (Å²) >= 11 is 5.99. The Morgan fingerprint density at radius 1 is 1.06 bits per heavy atom. The Kier molecular flexibility index (Phi) is 4.53. The molecule has 2 amide bonds. The van der Waals surface area contributed by atoms with Gasteiger partial charge < -0.3 is 4.74 Å². The molecular formula is C26H21ClFNO4. The molecule has 5 nitrogen and oxygen atoms in total. The van der Waals surface area contributed by atoms with Crippen LogP contribution in [0.25, 0.3) is 0 Å². The number of hydrogen-bond acceptors (Lipinski definition) is 4. The quantitative estimate of drug-likeness (QED) is 0.367. The number of imide groups is 1. The van der Waals surface area contributed by atoms with Gasteiger partial charge in [-0.25, -0.2) is 9.29 Å². The predicted molar refractivity (Wildman–Crippen MR) is 120 cm³/mol. The summed E-state index contributed by atoms with van der Waals surface area (Å²) in [6.07, 6.45) is 5.24. The lowest BCUT2D eigenvalue weighted by atomic mass is 9.63. The van der Waals surface area contributed by atoms with Crippen molar-refractivity contribution in [2.24, 2.45) is 35.5 Å². The number of anilines is 1. The van der Waals surface area contributed by atoms with Crippen LogP contribution in [-0.4, -0.2) is 24.2 Å². The van der Waals surface area contributed by atoms with Crippen molar-refractivity contribution in [3.63, 3.8) is 0 Å². The van der Waals surface area contributed by atoms with Crippen molar-refractivity contribution in [3.8, 4) is 5.75 Å². The van der Waals surface area contributed by atoms with Crippen LogP contribution in [-0.2, 0) is 9.59 Å². The van der Waals surface area contributed by atoms with E-state index in [9.17, 15) is 14.4 Å². The summed E-state index contributed by atoms with van der Waals surface area (Å²) < 4.78 is 20.5. The molecule has 0 radical (unpaired) electrons. The highest BCUT2D eigenvalue weighted by molar-refractivity contribution is 6.31. The van der Waals surface area contributed by atoms with E-state index in [0.717, 1.165) is 23.0 Å². The summed E-state index contributed by atoms with van der Waals surface area (Å²) in [6.45, 7) is 1.53. The number of hydrogen-bond donors (Lipinski definition) is 0. The van der Waals surface area contributed by atoms with Crippen molar-refractivity contribution in [3.05, 3.63) is 70.5 Å². The van der Waals surface area contributed by atoms with E-state index in [-0.39, 0.29) is 59.3 Å². The summed E-state index contributed by atoms with van der Waals surface area (Å²) in [5, 5.41) is 0.566. The van der Waals surface area contributed by atoms with Crippen LogP contribution in [0.4, 0.5) is 10.1 Å². The fourth-order valence-electron chi connectivity index (χ4n) is 6.00. The van der Waals surface area contributed by atoms with Gasteiger partial charge in [0.1, 0.15) is 5.75 Å². The van der Waals surface area contributed by atoms with Crippen molar-refractivity contribution in [1.29, 1.82) is 0 Å². The van der Waals surface area contributed by atoms with Gasteiger partial charge in [-0.05, 0) is 72.9 Å². The molecule has 0 spiro atoms. The molecule has 0 aromatic heterocycles. The SMILES string of the molecule is Cc1cc(C(=O)COc2ccc(N3C(=O)[C@@H]4[C@@H]5C=C[C@@H]([C@H]6C[C@@H]56)[C@@H]4C3=O)c(F)c2)ccc1Cl. The lowest BCUT2D eigenvalue weighted by Gasteiger charge is -2.37. The predicted octanol–water partition coefficient (Wildman–Crippen LogP) is 4.61. The largest absolute Gasteiger partial charge is 0.485 e. The minimum absolute atomic E-state index is 0.0560. The van der Waals surface area contributed by atoms with Crippen molar-refractivity contribution >= 4 is 34.9 Å². The first-order valence-electron chi connectivity index (χ1n) is 11.1. The molecule has 2 saturated carbocycles. The van der Waals surface area contributed by atoms with Crippen LogP contribution in [0.5, 0.6) is 5.75 Å². The highest BCUT2D eigenvalue weighted by Crippen LogP contribution is 2.65. The highest BCUT2D eigenvalue weighted by atomic mass is 35.5. The number of carbonyl (C=O) groups is 3. The van der Waals surface area contributed by atoms with Crippen LogP contribution in [0.2, 0.25) is 5.02 Å². The number of aryl methyl sites for hydroxylation is 1. The molecule has 5 aliphatic rings. The van der Waals surface area contributed by atoms with Crippen LogP contribution in [0.3, 0.4) is 0 Å². The number of ether oxygens (including phenoxy) is 1. The molecule has 1 heterocycles. The van der Waals surface area contributed by atoms with Crippen LogP contribution in [0, 0.1) is 48.2 Å². The van der Waals surface area contributed by atoms with E-state index >= 15 is 4.39 Å². The van der Waals surface area contributed by atoms with Crippen molar-refractivity contribution in [2.45, 2.75) is 13.3 Å². The van der Waals surface area contributed by atoms with Gasteiger partial charge in [-0.15, -0.1) is 0 Å². The van der Waals surface area contributed by atoms with Crippen LogP contribution < -0.4 is 9.64 Å². The lowest BCUT2D eigenvalue weighted by molar-refractivity contribution is -0.124. The average Bonchev–Trinajstić information content (AvgIpc) is 3.58. The number of halogens is 2. The molecule has 7 heteroatoms. The van der Waals surface area contributed by atoms with Gasteiger partial charge in [-0.3, -0.25) is 14.4 Å². The number of nitrogens with zero attached hydrogens (tertiary/aromatic N) is 1. The van der Waals surface area contributed by atoms with E-state index in [1.165, 1.54) is 12.1 Å². The molecule has 2 aromatic rings. The van der Waals surface area contributed by atoms with Gasteiger partial charge in [0, 0.05) is 16.7 Å². The number of ketones is 1. The first-order chi connectivity index (χ1) is 15.8. The molecule has 7 rings (SSSR count). The number of Topliss-reactive ketones (excluding diaryl/α,β-unsaturated/α-hetero) is 1. The van der Waals surface area contributed by atoms with E-state index in [0.29, 0.717) is 22.4 Å². The van der Waals surface area contributed by atoms with Gasteiger partial charge in [0.25, 0.3) is 0 Å². The molecule has 168 valence electrons. The molecule has 1 saturated heterocycles. The topological polar surface area (TPSA) is 63.7 Å². The Hall–Kier alpha value is -2.99. The standard InChI is InChI=1S/C26H21ClFNO4/c1-12-8-13(2-6-19(12)27)22(30)11-33-14-3-7-21(20(28)9-14)29-25(31)23-15-4-5-16(18-10-17(15)18)24(23)26(29)32/h2-9,15-18,23-24H,10-11H2,1H3/t15-,16+,17+,18-,23-,24+. The fraction of sp³-hybridized carbons (Fsp3) is 0.346. The first kappa shape index (κ1) is 20.6. The second-order valence-electron chi connectivity index (χ2n) is 9.46. The molecule has 0 N–H and O–H groups in total. The maximum atomic E-state index is 15.0. The Bertz CT molecular complexity index is 1220. The fourth-order valence-corrected chi connectivity index (χ4v) is 6.12. The number of allylic oxidation sites excluding steroid dienone is 2. The molecule has 0 unspecified atom stereocenters. The van der Waals surface area contributed by atoms with Crippen molar-refractivity contribution in [2.75, 3.05) is 11.5 Å².